The third-order valence-corrected chi connectivity index (χ3v) is 6.26. The van der Waals surface area contributed by atoms with Crippen molar-refractivity contribution in [1.82, 2.24) is 25.4 Å². The van der Waals surface area contributed by atoms with Crippen LogP contribution in [0.2, 0.25) is 0 Å². The summed E-state index contributed by atoms with van der Waals surface area (Å²) in [5, 5.41) is 3.51. The first-order valence-electron chi connectivity index (χ1n) is 10.2. The predicted molar refractivity (Wildman–Crippen MR) is 106 cm³/mol. The van der Waals surface area contributed by atoms with E-state index < -0.39 is 11.7 Å². The molecule has 158 valence electrons. The van der Waals surface area contributed by atoms with Crippen molar-refractivity contribution in [3.63, 3.8) is 0 Å². The smallest absolute Gasteiger partial charge is 0.310 e. The summed E-state index contributed by atoms with van der Waals surface area (Å²) >= 11 is 0. The highest BCUT2D eigenvalue weighted by molar-refractivity contribution is 5.61. The van der Waals surface area contributed by atoms with Crippen molar-refractivity contribution in [3.8, 4) is 11.4 Å². The Labute approximate surface area is 172 Å². The Hall–Kier alpha value is -2.65. The van der Waals surface area contributed by atoms with Crippen LogP contribution in [0, 0.1) is 5.92 Å². The van der Waals surface area contributed by atoms with Crippen molar-refractivity contribution < 1.29 is 13.2 Å². The van der Waals surface area contributed by atoms with Crippen LogP contribution in [0.4, 0.5) is 13.2 Å². The molecule has 1 atom stereocenters. The van der Waals surface area contributed by atoms with E-state index in [1.165, 1.54) is 5.69 Å². The third kappa shape index (κ3) is 3.63. The summed E-state index contributed by atoms with van der Waals surface area (Å²) in [7, 11) is 0. The number of hydrogen-bond donors (Lipinski definition) is 3. The number of hydrazine groups is 1. The van der Waals surface area contributed by atoms with Gasteiger partial charge in [-0.1, -0.05) is 12.1 Å². The predicted octanol–water partition coefficient (Wildman–Crippen LogP) is 3.85. The first-order chi connectivity index (χ1) is 14.5. The van der Waals surface area contributed by atoms with Crippen LogP contribution in [0.1, 0.15) is 48.5 Å². The number of alkyl halides is 3. The van der Waals surface area contributed by atoms with Crippen molar-refractivity contribution in [1.29, 1.82) is 0 Å². The van der Waals surface area contributed by atoms with Crippen LogP contribution in [0.15, 0.2) is 42.9 Å². The van der Waals surface area contributed by atoms with E-state index in [9.17, 15) is 13.2 Å². The number of halogens is 3. The molecule has 4 aliphatic rings. The molecular weight excluding hydrogens is 393 g/mol. The molecular formula is C21H23F3N6. The Morgan fingerprint density at radius 1 is 1.03 bits per heavy atom. The van der Waals surface area contributed by atoms with E-state index in [0.717, 1.165) is 54.8 Å². The second kappa shape index (κ2) is 7.55. The summed E-state index contributed by atoms with van der Waals surface area (Å²) in [6.07, 6.45) is 3.48. The summed E-state index contributed by atoms with van der Waals surface area (Å²) in [6, 6.07) is 7.99. The van der Waals surface area contributed by atoms with Crippen LogP contribution in [0.25, 0.3) is 11.4 Å². The standard InChI is InChI=1S/C21H23F3N6/c22-21(23,24)15-5-1-13(2-6-15)11-26-16-7-3-14(4-8-16)18-19-17-9-10-25-20(17)27-12-30(19)29-28-18/h1-2,5-6,9-10,12,14,16,18,26,28-29H,3-4,7-8,11H2. The number of rotatable bonds is 4. The molecule has 1 aromatic carbocycles. The molecule has 0 aromatic heterocycles. The Kier molecular flexibility index (Phi) is 4.86. The van der Waals surface area contributed by atoms with Gasteiger partial charge in [0, 0.05) is 24.3 Å². The second-order valence-corrected chi connectivity index (χ2v) is 8.10. The van der Waals surface area contributed by atoms with Crippen LogP contribution in [-0.2, 0) is 12.7 Å². The molecule has 0 saturated heterocycles. The molecule has 0 spiro atoms. The van der Waals surface area contributed by atoms with E-state index in [4.69, 9.17) is 0 Å². The van der Waals surface area contributed by atoms with Crippen molar-refractivity contribution in [2.75, 3.05) is 5.53 Å². The molecule has 1 fully saturated rings. The molecule has 0 bridgehead atoms. The number of benzene rings is 1. The largest absolute Gasteiger partial charge is 0.416 e. The summed E-state index contributed by atoms with van der Waals surface area (Å²) < 4.78 is 40.0. The Bertz CT molecular complexity index is 975. The van der Waals surface area contributed by atoms with Gasteiger partial charge in [-0.2, -0.15) is 13.2 Å². The molecule has 3 heterocycles. The highest BCUT2D eigenvalue weighted by atomic mass is 19.4. The minimum absolute atomic E-state index is 0.204. The number of aromatic nitrogens is 3. The fourth-order valence-corrected chi connectivity index (χ4v) is 4.62. The number of nitrogens with zero attached hydrogens (tertiary/aromatic N) is 3. The maximum atomic E-state index is 12.7. The van der Waals surface area contributed by atoms with Gasteiger partial charge >= 0.3 is 6.18 Å². The Morgan fingerprint density at radius 2 is 1.80 bits per heavy atom. The molecule has 1 unspecified atom stereocenters. The van der Waals surface area contributed by atoms with Crippen LogP contribution in [-0.4, -0.2) is 20.7 Å². The summed E-state index contributed by atoms with van der Waals surface area (Å²) in [5.41, 5.74) is 9.10. The lowest BCUT2D eigenvalue weighted by Gasteiger charge is -2.32. The lowest BCUT2D eigenvalue weighted by Crippen LogP contribution is -2.36. The molecule has 9 heteroatoms. The van der Waals surface area contributed by atoms with Gasteiger partial charge < -0.3 is 5.32 Å². The quantitative estimate of drug-likeness (QED) is 0.603. The van der Waals surface area contributed by atoms with Crippen LogP contribution in [0.3, 0.4) is 0 Å². The van der Waals surface area contributed by atoms with Crippen molar-refractivity contribution >= 4 is 0 Å². The highest BCUT2D eigenvalue weighted by Gasteiger charge is 2.35. The lowest BCUT2D eigenvalue weighted by molar-refractivity contribution is -0.137. The zero-order chi connectivity index (χ0) is 20.7. The van der Waals surface area contributed by atoms with E-state index in [1.54, 1.807) is 24.7 Å². The van der Waals surface area contributed by atoms with Crippen molar-refractivity contribution in [3.05, 3.63) is 59.7 Å². The van der Waals surface area contributed by atoms with Crippen LogP contribution < -0.4 is 16.3 Å². The van der Waals surface area contributed by atoms with Gasteiger partial charge in [0.15, 0.2) is 5.82 Å². The number of nitrogens with one attached hydrogen (secondary N) is 3. The number of fused-ring (bicyclic) bond motifs is 3. The molecule has 5 rings (SSSR count). The summed E-state index contributed by atoms with van der Waals surface area (Å²) in [5.74, 6) is 1.26. The fourth-order valence-electron chi connectivity index (χ4n) is 4.62. The molecule has 0 radical (unpaired) electrons. The molecule has 1 aromatic rings. The molecule has 30 heavy (non-hydrogen) atoms. The van der Waals surface area contributed by atoms with Gasteiger partial charge in [0.25, 0.3) is 0 Å². The first-order valence-corrected chi connectivity index (χ1v) is 10.2. The normalized spacial score (nSPS) is 24.0. The summed E-state index contributed by atoms with van der Waals surface area (Å²) in [4.78, 5) is 8.66. The average Bonchev–Trinajstić information content (AvgIpc) is 3.38. The van der Waals surface area contributed by atoms with E-state index >= 15 is 0 Å². The van der Waals surface area contributed by atoms with E-state index in [0.29, 0.717) is 18.5 Å². The summed E-state index contributed by atoms with van der Waals surface area (Å²) in [6.45, 7) is 0.584. The zero-order valence-electron chi connectivity index (χ0n) is 16.3. The van der Waals surface area contributed by atoms with Gasteiger partial charge in [-0.05, 0) is 55.4 Å². The Morgan fingerprint density at radius 3 is 2.53 bits per heavy atom. The van der Waals surface area contributed by atoms with Crippen molar-refractivity contribution in [2.24, 2.45) is 5.92 Å². The molecule has 3 N–H and O–H groups in total. The monoisotopic (exact) mass is 416 g/mol. The third-order valence-electron chi connectivity index (χ3n) is 6.26. The van der Waals surface area contributed by atoms with Gasteiger partial charge in [0.05, 0.1) is 17.3 Å². The minimum atomic E-state index is -4.29. The van der Waals surface area contributed by atoms with Crippen molar-refractivity contribution in [2.45, 2.75) is 50.5 Å². The van der Waals surface area contributed by atoms with Gasteiger partial charge in [0.2, 0.25) is 0 Å². The van der Waals surface area contributed by atoms with Gasteiger partial charge in [-0.25, -0.2) is 20.1 Å². The van der Waals surface area contributed by atoms with Crippen LogP contribution in [0.5, 0.6) is 0 Å². The lowest BCUT2D eigenvalue weighted by atomic mass is 9.80. The van der Waals surface area contributed by atoms with Gasteiger partial charge in [-0.3, -0.25) is 5.53 Å². The van der Waals surface area contributed by atoms with Crippen LogP contribution >= 0.6 is 0 Å². The molecule has 0 amide bonds. The Balaban J connectivity index is 1.17. The number of hydrogen-bond acceptors (Lipinski definition) is 5. The molecule has 1 aliphatic carbocycles. The topological polar surface area (TPSA) is 66.8 Å². The maximum absolute atomic E-state index is 12.7. The van der Waals surface area contributed by atoms with E-state index in [-0.39, 0.29) is 6.04 Å². The van der Waals surface area contributed by atoms with E-state index in [1.807, 2.05) is 10.7 Å². The minimum Gasteiger partial charge on any atom is -0.310 e. The fraction of sp³-hybridized carbons (Fsp3) is 0.429. The SMILES string of the molecule is FC(F)(F)c1ccc(CNC2CCC(C3NNn4cnc5nccc-5c43)CC2)cc1. The maximum Gasteiger partial charge on any atom is 0.416 e. The second-order valence-electron chi connectivity index (χ2n) is 8.10. The van der Waals surface area contributed by atoms with Gasteiger partial charge in [0.1, 0.15) is 6.33 Å². The van der Waals surface area contributed by atoms with E-state index in [2.05, 4.69) is 26.2 Å². The molecule has 6 nitrogen and oxygen atoms in total. The molecule has 1 saturated carbocycles. The highest BCUT2D eigenvalue weighted by Crippen LogP contribution is 2.39. The molecule has 3 aliphatic heterocycles. The zero-order valence-corrected chi connectivity index (χ0v) is 16.3. The first kappa shape index (κ1) is 19.3. The average molecular weight is 416 g/mol. The van der Waals surface area contributed by atoms with Gasteiger partial charge in [-0.15, -0.1) is 0 Å².